The molecule has 1 fully saturated rings. The maximum atomic E-state index is 14.3. The number of rotatable bonds is 22. The third-order valence-corrected chi connectivity index (χ3v) is 12.8. The number of hydrogen-bond donors (Lipinski definition) is 12. The van der Waals surface area contributed by atoms with Crippen molar-refractivity contribution in [3.63, 3.8) is 0 Å². The van der Waals surface area contributed by atoms with Gasteiger partial charge in [-0.15, -0.1) is 0 Å². The lowest BCUT2D eigenvalue weighted by Crippen LogP contribution is -2.50. The highest BCUT2D eigenvalue weighted by molar-refractivity contribution is 5.95. The van der Waals surface area contributed by atoms with Crippen LogP contribution in [0.2, 0.25) is 0 Å². The monoisotopic (exact) mass is 1360 g/mol. The Morgan fingerprint density at radius 2 is 0.830 bits per heavy atom. The molecule has 0 atom stereocenters. The van der Waals surface area contributed by atoms with Gasteiger partial charge in [0.25, 0.3) is 17.7 Å². The minimum absolute atomic E-state index is 0. The topological polar surface area (TPSA) is 335 Å². The number of benzene rings is 1. The van der Waals surface area contributed by atoms with Crippen LogP contribution >= 0.6 is 0 Å². The second-order valence-electron chi connectivity index (χ2n) is 22.8. The van der Waals surface area contributed by atoms with Gasteiger partial charge in [-0.25, -0.2) is 43.1 Å². The molecule has 0 aliphatic heterocycles. The van der Waals surface area contributed by atoms with E-state index in [1.54, 1.807) is 29.8 Å². The van der Waals surface area contributed by atoms with Gasteiger partial charge in [0.05, 0.1) is 18.6 Å². The summed E-state index contributed by atoms with van der Waals surface area (Å²) < 4.78 is 154. The Hall–Kier alpha value is -10.3. The molecule has 1 aromatic carbocycles. The van der Waals surface area contributed by atoms with Crippen LogP contribution in [0.3, 0.4) is 0 Å². The molecule has 94 heavy (non-hydrogen) atoms. The Morgan fingerprint density at radius 3 is 1.15 bits per heavy atom. The van der Waals surface area contributed by atoms with Gasteiger partial charge in [0.15, 0.2) is 52.4 Å². The molecule has 24 nitrogen and oxygen atoms in total. The zero-order valence-corrected chi connectivity index (χ0v) is 51.1. The molecule has 12 N–H and O–H groups in total. The number of nitrogens with one attached hydrogen (secondary N) is 12. The largest absolute Gasteiger partial charge is 0.405 e. The SMILES string of the molecule is CC(C)(Nc1nc(-c2c[nH]c(C(=O)NC3CC3)c2)ncc1F)C(=O)NCC(F)(F)F.CC(C)(Nc1nc(-c2c[nH]c(C(=O)NCc3ccccc3)c2)ncc1F)C(=O)NCC(F)(F)F.CC(C)NC(=O)c1cc(-c2ncc(F)c(NC(C)(C)C(=O)NCC(F)(F)F)n2)c[nH]1.[HH].[HH].[HH].[HH].[HH].[HH].[HH].[HH].[HH].[HH].[HH].[HH]. The molecule has 8 rings (SSSR count). The van der Waals surface area contributed by atoms with Crippen LogP contribution in [0.25, 0.3) is 34.2 Å². The predicted molar refractivity (Wildman–Crippen MR) is 342 cm³/mol. The summed E-state index contributed by atoms with van der Waals surface area (Å²) in [6.07, 6.45) is -4.91. The Morgan fingerprint density at radius 1 is 0.500 bits per heavy atom. The van der Waals surface area contributed by atoms with E-state index in [1.165, 1.54) is 78.3 Å². The summed E-state index contributed by atoms with van der Waals surface area (Å²) >= 11 is 0. The average molecular weight is 1360 g/mol. The van der Waals surface area contributed by atoms with E-state index in [0.717, 1.165) is 37.0 Å². The van der Waals surface area contributed by atoms with Crippen LogP contribution in [0.4, 0.5) is 70.1 Å². The van der Waals surface area contributed by atoms with Crippen LogP contribution in [-0.2, 0) is 20.9 Å². The van der Waals surface area contributed by atoms with Crippen LogP contribution in [0.5, 0.6) is 0 Å². The number of aromatic nitrogens is 9. The molecule has 0 unspecified atom stereocenters. The number of alkyl halides is 9. The summed E-state index contributed by atoms with van der Waals surface area (Å²) in [5.74, 6) is -7.65. The van der Waals surface area contributed by atoms with Crippen LogP contribution in [-0.4, -0.2) is 147 Å². The van der Waals surface area contributed by atoms with Crippen LogP contribution in [0.15, 0.2) is 85.7 Å². The van der Waals surface area contributed by atoms with Crippen molar-refractivity contribution in [3.8, 4) is 34.2 Å². The minimum atomic E-state index is -4.58. The molecule has 0 spiro atoms. The van der Waals surface area contributed by atoms with Crippen LogP contribution < -0.4 is 47.9 Å². The van der Waals surface area contributed by atoms with Gasteiger partial charge in [-0.05, 0) is 92.0 Å². The number of hydrogen-bond acceptors (Lipinski definition) is 15. The van der Waals surface area contributed by atoms with Crippen molar-refractivity contribution in [2.24, 2.45) is 0 Å². The Labute approximate surface area is 545 Å². The van der Waals surface area contributed by atoms with E-state index in [2.05, 4.69) is 76.8 Å². The van der Waals surface area contributed by atoms with Gasteiger partial charge in [-0.2, -0.15) is 39.5 Å². The molecular weight excluding hydrogens is 1270 g/mol. The second kappa shape index (κ2) is 30.0. The lowest BCUT2D eigenvalue weighted by molar-refractivity contribution is -0.140. The molecule has 0 saturated heterocycles. The van der Waals surface area contributed by atoms with Gasteiger partial charge in [0, 0.05) is 71.0 Å². The fraction of sp³-hybridized carbons (Fsp3) is 0.379. The molecule has 1 aliphatic rings. The van der Waals surface area contributed by atoms with Crippen molar-refractivity contribution >= 4 is 52.9 Å². The van der Waals surface area contributed by atoms with E-state index in [4.69, 9.17) is 0 Å². The van der Waals surface area contributed by atoms with Gasteiger partial charge < -0.3 is 62.8 Å². The zero-order valence-electron chi connectivity index (χ0n) is 51.1. The van der Waals surface area contributed by atoms with Gasteiger partial charge in [-0.3, -0.25) is 28.8 Å². The fourth-order valence-electron chi connectivity index (χ4n) is 7.71. The van der Waals surface area contributed by atoms with Gasteiger partial charge in [0.1, 0.15) is 53.3 Å². The van der Waals surface area contributed by atoms with E-state index >= 15 is 0 Å². The number of halogens is 12. The Balaban J connectivity index is -0.000000263. The third-order valence-electron chi connectivity index (χ3n) is 12.8. The lowest BCUT2D eigenvalue weighted by Gasteiger charge is -2.26. The number of H-pyrrole nitrogens is 3. The number of nitrogens with zero attached hydrogens (tertiary/aromatic N) is 6. The number of amides is 6. The first-order chi connectivity index (χ1) is 43.7. The number of carbonyl (C=O) groups is 6. The summed E-state index contributed by atoms with van der Waals surface area (Å²) in [6.45, 7) is 7.08. The van der Waals surface area contributed by atoms with E-state index in [1.807, 2.05) is 30.3 Å². The highest BCUT2D eigenvalue weighted by Crippen LogP contribution is 2.28. The maximum Gasteiger partial charge on any atom is 0.405 e. The molecule has 1 saturated carbocycles. The quantitative estimate of drug-likeness (QED) is 0.0281. The summed E-state index contributed by atoms with van der Waals surface area (Å²) in [6, 6.07) is 13.8. The van der Waals surface area contributed by atoms with Crippen molar-refractivity contribution in [1.82, 2.24) is 76.8 Å². The second-order valence-corrected chi connectivity index (χ2v) is 22.8. The molecule has 0 bridgehead atoms. The Bertz CT molecular complexity index is 3720. The van der Waals surface area contributed by atoms with Crippen LogP contribution in [0.1, 0.15) is 122 Å². The van der Waals surface area contributed by atoms with Crippen molar-refractivity contribution in [1.29, 1.82) is 0 Å². The molecule has 6 aromatic heterocycles. The summed E-state index contributed by atoms with van der Waals surface area (Å²) in [7, 11) is 0. The van der Waals surface area contributed by atoms with Crippen molar-refractivity contribution in [2.75, 3.05) is 35.6 Å². The number of carbonyl (C=O) groups excluding carboxylic acids is 6. The van der Waals surface area contributed by atoms with E-state index in [0.29, 0.717) is 23.2 Å². The minimum Gasteiger partial charge on any atom is -0.356 e. The van der Waals surface area contributed by atoms with Crippen molar-refractivity contribution < 1.29 is 98.6 Å². The molecule has 7 aromatic rings. The molecule has 6 amide bonds. The predicted octanol–water partition coefficient (Wildman–Crippen LogP) is 11.4. The summed E-state index contributed by atoms with van der Waals surface area (Å²) in [5, 5.41) is 21.0. The standard InChI is InChI=1S/C22H22F4N6O2.C18H20F4N6O2.C18H22F4N6O2.12H2/c1-21(2,20(34)30-12-22(24,25)26)32-18-15(23)11-28-17(31-18)14-8-16(27-10-14)19(33)29-9-13-6-4-3-5-7-13;1-17(2,16(30)25-8-18(20,21)22)28-14-11(19)7-24-13(27-14)9-5-12(23-6-9)15(29)26-10-3-4-10;1-9(2)26-15(29)12-5-10(6-23-12)13-24-7-11(19)14(27-13)28-17(3,4)16(30)25-8-18(20,21)22;;;;;;;;;;;;/h3-8,10-11,27H,9,12H2,1-2H3,(H,29,33)(H,30,34)(H,28,31,32);5-7,10,23H,3-4,8H2,1-2H3,(H,25,30)(H,26,29)(H,24,27,28);5-7,9,23H,8H2,1-4H3,(H,25,30)(H,26,29)(H,24,27,28);12*1H. The molecule has 530 valence electrons. The lowest BCUT2D eigenvalue weighted by atomic mass is 10.0. The molecule has 0 radical (unpaired) electrons. The summed E-state index contributed by atoms with van der Waals surface area (Å²) in [4.78, 5) is 105. The number of anilines is 3. The van der Waals surface area contributed by atoms with Crippen molar-refractivity contribution in [2.45, 2.75) is 122 Å². The van der Waals surface area contributed by atoms with E-state index in [-0.39, 0.29) is 98.9 Å². The van der Waals surface area contributed by atoms with Gasteiger partial charge >= 0.3 is 18.5 Å². The van der Waals surface area contributed by atoms with Crippen molar-refractivity contribution in [3.05, 3.63) is 126 Å². The van der Waals surface area contributed by atoms with E-state index < -0.39 is 90.0 Å². The molecule has 1 aliphatic carbocycles. The van der Waals surface area contributed by atoms with Gasteiger partial charge in [-0.1, -0.05) is 30.3 Å². The highest BCUT2D eigenvalue weighted by atomic mass is 19.4. The third kappa shape index (κ3) is 22.2. The van der Waals surface area contributed by atoms with Gasteiger partial charge in [0.2, 0.25) is 17.7 Å². The Kier molecular flexibility index (Phi) is 23.2. The first kappa shape index (κ1) is 72.7. The average Bonchev–Trinajstić information content (AvgIpc) is 1.40. The first-order valence-electron chi connectivity index (χ1n) is 28.1. The number of aromatic amines is 3. The maximum absolute atomic E-state index is 14.3. The van der Waals surface area contributed by atoms with E-state index in [9.17, 15) is 81.5 Å². The van der Waals surface area contributed by atoms with Crippen LogP contribution in [0, 0.1) is 17.5 Å². The normalized spacial score (nSPS) is 12.6. The fourth-order valence-corrected chi connectivity index (χ4v) is 7.71. The molecule has 6 heterocycles. The zero-order chi connectivity index (χ0) is 69.7. The molecule has 36 heteroatoms. The first-order valence-corrected chi connectivity index (χ1v) is 28.1. The molecular formula is C58H88F12N18O6. The highest BCUT2D eigenvalue weighted by Gasteiger charge is 2.37. The smallest absolute Gasteiger partial charge is 0.356 e. The summed E-state index contributed by atoms with van der Waals surface area (Å²) in [5.41, 5.74) is -1.99.